The van der Waals surface area contributed by atoms with E-state index in [1.165, 1.54) is 0 Å². The third-order valence-electron chi connectivity index (χ3n) is 4.66. The first-order valence-electron chi connectivity index (χ1n) is 9.08. The molecule has 1 aliphatic heterocycles. The average molecular weight is 350 g/mol. The third kappa shape index (κ3) is 4.92. The van der Waals surface area contributed by atoms with Crippen LogP contribution in [0.4, 0.5) is 11.5 Å². The number of hydrogen-bond donors (Lipinski definition) is 2. The third-order valence-corrected chi connectivity index (χ3v) is 4.66. The van der Waals surface area contributed by atoms with E-state index in [4.69, 9.17) is 0 Å². The maximum absolute atomic E-state index is 12.3. The van der Waals surface area contributed by atoms with E-state index in [0.717, 1.165) is 49.5 Å². The van der Waals surface area contributed by atoms with Crippen molar-refractivity contribution in [3.05, 3.63) is 66.4 Å². The first kappa shape index (κ1) is 18.1. The fraction of sp³-hybridized carbons (Fsp3) is 0.333. The summed E-state index contributed by atoms with van der Waals surface area (Å²) in [6.07, 6.45) is 5.75. The molecular formula is C21H26N4O. The van der Waals surface area contributed by atoms with Gasteiger partial charge in [0.2, 0.25) is 0 Å². The fourth-order valence-corrected chi connectivity index (χ4v) is 3.11. The topological polar surface area (TPSA) is 57.3 Å². The van der Waals surface area contributed by atoms with Crippen LogP contribution in [0.15, 0.2) is 55.3 Å². The molecule has 5 heteroatoms. The number of anilines is 2. The Bertz CT molecular complexity index is 732. The van der Waals surface area contributed by atoms with Crippen LogP contribution in [-0.4, -0.2) is 41.5 Å². The van der Waals surface area contributed by atoms with Crippen LogP contribution < -0.4 is 10.6 Å². The van der Waals surface area contributed by atoms with Gasteiger partial charge in [-0.2, -0.15) is 0 Å². The number of likely N-dealkylation sites (tertiary alicyclic amines) is 1. The first-order valence-corrected chi connectivity index (χ1v) is 9.08. The Morgan fingerprint density at radius 2 is 1.96 bits per heavy atom. The molecular weight excluding hydrogens is 324 g/mol. The van der Waals surface area contributed by atoms with Crippen molar-refractivity contribution in [1.29, 1.82) is 0 Å². The Kier molecular flexibility index (Phi) is 6.02. The predicted molar refractivity (Wildman–Crippen MR) is 107 cm³/mol. The van der Waals surface area contributed by atoms with Crippen LogP contribution in [0.5, 0.6) is 0 Å². The number of nitrogens with one attached hydrogen (secondary N) is 2. The maximum atomic E-state index is 12.3. The number of rotatable bonds is 6. The van der Waals surface area contributed by atoms with Crippen LogP contribution in [0, 0.1) is 6.92 Å². The summed E-state index contributed by atoms with van der Waals surface area (Å²) in [5.41, 5.74) is 2.50. The molecule has 5 nitrogen and oxygen atoms in total. The smallest absolute Gasteiger partial charge is 0.257 e. The Hall–Kier alpha value is -2.66. The molecule has 0 atom stereocenters. The summed E-state index contributed by atoms with van der Waals surface area (Å²) in [7, 11) is 0. The largest absolute Gasteiger partial charge is 0.367 e. The van der Waals surface area contributed by atoms with E-state index in [9.17, 15) is 4.79 Å². The lowest BCUT2D eigenvalue weighted by Crippen LogP contribution is -2.39. The van der Waals surface area contributed by atoms with Crippen molar-refractivity contribution in [2.45, 2.75) is 25.8 Å². The Labute approximate surface area is 155 Å². The Morgan fingerprint density at radius 3 is 2.58 bits per heavy atom. The summed E-state index contributed by atoms with van der Waals surface area (Å²) < 4.78 is 0. The highest BCUT2D eigenvalue weighted by Gasteiger charge is 2.18. The molecule has 0 saturated carbocycles. The van der Waals surface area contributed by atoms with Crippen LogP contribution in [-0.2, 0) is 0 Å². The van der Waals surface area contributed by atoms with E-state index < -0.39 is 0 Å². The molecule has 0 aliphatic carbocycles. The van der Waals surface area contributed by atoms with Gasteiger partial charge in [0.25, 0.3) is 5.91 Å². The summed E-state index contributed by atoms with van der Waals surface area (Å²) in [6, 6.07) is 11.9. The van der Waals surface area contributed by atoms with Crippen LogP contribution in [0.2, 0.25) is 0 Å². The van der Waals surface area contributed by atoms with E-state index in [2.05, 4.69) is 27.1 Å². The van der Waals surface area contributed by atoms with Gasteiger partial charge in [-0.25, -0.2) is 4.98 Å². The molecule has 2 aromatic rings. The molecule has 2 heterocycles. The average Bonchev–Trinajstić information content (AvgIpc) is 2.66. The van der Waals surface area contributed by atoms with Crippen molar-refractivity contribution in [3.8, 4) is 0 Å². The zero-order valence-electron chi connectivity index (χ0n) is 15.2. The molecule has 1 aliphatic rings. The number of amides is 1. The van der Waals surface area contributed by atoms with E-state index >= 15 is 0 Å². The molecule has 2 N–H and O–H groups in total. The molecule has 1 saturated heterocycles. The van der Waals surface area contributed by atoms with Crippen LogP contribution >= 0.6 is 0 Å². The minimum absolute atomic E-state index is 0.148. The molecule has 136 valence electrons. The Balaban J connectivity index is 1.52. The lowest BCUT2D eigenvalue weighted by Gasteiger charge is -2.31. The van der Waals surface area contributed by atoms with E-state index in [-0.39, 0.29) is 5.91 Å². The Morgan fingerprint density at radius 1 is 1.23 bits per heavy atom. The highest BCUT2D eigenvalue weighted by Crippen LogP contribution is 2.16. The minimum atomic E-state index is -0.148. The normalized spacial score (nSPS) is 15.4. The van der Waals surface area contributed by atoms with Crippen LogP contribution in [0.1, 0.15) is 28.8 Å². The van der Waals surface area contributed by atoms with Crippen molar-refractivity contribution >= 4 is 17.4 Å². The SMILES string of the molecule is C=CCN1CCC(Nc2ccc(C(=O)Nc3ccc(C)cc3)cn2)CC1. The summed E-state index contributed by atoms with van der Waals surface area (Å²) >= 11 is 0. The molecule has 26 heavy (non-hydrogen) atoms. The summed E-state index contributed by atoms with van der Waals surface area (Å²) in [4.78, 5) is 19.1. The van der Waals surface area contributed by atoms with Gasteiger partial charge in [0.05, 0.1) is 5.56 Å². The summed E-state index contributed by atoms with van der Waals surface area (Å²) in [5.74, 6) is 0.671. The number of pyridine rings is 1. The van der Waals surface area contributed by atoms with Gasteiger partial charge >= 0.3 is 0 Å². The first-order chi connectivity index (χ1) is 12.6. The van der Waals surface area contributed by atoms with E-state index in [1.807, 2.05) is 49.4 Å². The van der Waals surface area contributed by atoms with Crippen molar-refractivity contribution in [3.63, 3.8) is 0 Å². The molecule has 0 spiro atoms. The molecule has 0 radical (unpaired) electrons. The van der Waals surface area contributed by atoms with E-state index in [1.54, 1.807) is 6.20 Å². The number of aromatic nitrogens is 1. The molecule has 3 rings (SSSR count). The van der Waals surface area contributed by atoms with Gasteiger partial charge in [-0.15, -0.1) is 6.58 Å². The number of piperidine rings is 1. The molecule has 0 bridgehead atoms. The van der Waals surface area contributed by atoms with Gasteiger partial charge in [0.15, 0.2) is 0 Å². The fourth-order valence-electron chi connectivity index (χ4n) is 3.11. The lowest BCUT2D eigenvalue weighted by molar-refractivity contribution is 0.102. The van der Waals surface area contributed by atoms with Gasteiger partial charge in [0, 0.05) is 37.6 Å². The maximum Gasteiger partial charge on any atom is 0.257 e. The summed E-state index contributed by atoms with van der Waals surface area (Å²) in [5, 5.41) is 6.36. The number of hydrogen-bond acceptors (Lipinski definition) is 4. The van der Waals surface area contributed by atoms with Crippen molar-refractivity contribution in [1.82, 2.24) is 9.88 Å². The van der Waals surface area contributed by atoms with Crippen LogP contribution in [0.25, 0.3) is 0 Å². The monoisotopic (exact) mass is 350 g/mol. The number of carbonyl (C=O) groups is 1. The zero-order valence-corrected chi connectivity index (χ0v) is 15.2. The predicted octanol–water partition coefficient (Wildman–Crippen LogP) is 3.70. The molecule has 1 fully saturated rings. The molecule has 0 unspecified atom stereocenters. The quantitative estimate of drug-likeness (QED) is 0.780. The second-order valence-electron chi connectivity index (χ2n) is 6.76. The lowest BCUT2D eigenvalue weighted by atomic mass is 10.1. The molecule has 1 amide bonds. The van der Waals surface area contributed by atoms with Gasteiger partial charge in [0.1, 0.15) is 5.82 Å². The number of aryl methyl sites for hydroxylation is 1. The van der Waals surface area contributed by atoms with Crippen molar-refractivity contribution in [2.75, 3.05) is 30.3 Å². The minimum Gasteiger partial charge on any atom is -0.367 e. The zero-order chi connectivity index (χ0) is 18.4. The van der Waals surface area contributed by atoms with Crippen molar-refractivity contribution in [2.24, 2.45) is 0 Å². The second-order valence-corrected chi connectivity index (χ2v) is 6.76. The van der Waals surface area contributed by atoms with Crippen molar-refractivity contribution < 1.29 is 4.79 Å². The highest BCUT2D eigenvalue weighted by atomic mass is 16.1. The van der Waals surface area contributed by atoms with Gasteiger partial charge in [-0.1, -0.05) is 23.8 Å². The van der Waals surface area contributed by atoms with Gasteiger partial charge in [-0.05, 0) is 44.0 Å². The van der Waals surface area contributed by atoms with Gasteiger partial charge < -0.3 is 10.6 Å². The van der Waals surface area contributed by atoms with Gasteiger partial charge in [-0.3, -0.25) is 9.69 Å². The van der Waals surface area contributed by atoms with E-state index in [0.29, 0.717) is 11.6 Å². The number of carbonyl (C=O) groups excluding carboxylic acids is 1. The molecule has 1 aromatic heterocycles. The number of benzene rings is 1. The summed E-state index contributed by atoms with van der Waals surface area (Å²) in [6.45, 7) is 8.91. The molecule has 1 aromatic carbocycles. The standard InChI is InChI=1S/C21H26N4O/c1-3-12-25-13-10-19(11-14-25)23-20-9-6-17(15-22-20)21(26)24-18-7-4-16(2)5-8-18/h3-9,15,19H,1,10-14H2,2H3,(H,22,23)(H,24,26). The second kappa shape index (κ2) is 8.63. The van der Waals surface area contributed by atoms with Crippen LogP contribution in [0.3, 0.4) is 0 Å². The number of nitrogens with zero attached hydrogens (tertiary/aromatic N) is 2. The highest BCUT2D eigenvalue weighted by molar-refractivity contribution is 6.04.